The van der Waals surface area contributed by atoms with Gasteiger partial charge in [0.25, 0.3) is 0 Å². The van der Waals surface area contributed by atoms with Gasteiger partial charge in [-0.05, 0) is 56.8 Å². The van der Waals surface area contributed by atoms with Gasteiger partial charge in [0.1, 0.15) is 11.5 Å². The summed E-state index contributed by atoms with van der Waals surface area (Å²) >= 11 is 0. The summed E-state index contributed by atoms with van der Waals surface area (Å²) in [7, 11) is 5.14. The van der Waals surface area contributed by atoms with E-state index in [4.69, 9.17) is 13.9 Å². The van der Waals surface area contributed by atoms with Crippen LogP contribution in [-0.2, 0) is 6.54 Å². The topological polar surface area (TPSA) is 47.7 Å². The molecule has 5 nitrogen and oxygen atoms in total. The number of halogens is 1. The molecule has 0 fully saturated rings. The van der Waals surface area contributed by atoms with E-state index in [0.717, 1.165) is 22.8 Å². The molecule has 2 aromatic carbocycles. The summed E-state index contributed by atoms with van der Waals surface area (Å²) in [6.45, 7) is 4.64. The van der Waals surface area contributed by atoms with Crippen LogP contribution in [-0.4, -0.2) is 31.2 Å². The molecule has 0 radical (unpaired) electrons. The predicted molar refractivity (Wildman–Crippen MR) is 106 cm³/mol. The van der Waals surface area contributed by atoms with Gasteiger partial charge in [-0.2, -0.15) is 0 Å². The van der Waals surface area contributed by atoms with Gasteiger partial charge in [0.15, 0.2) is 11.6 Å². The van der Waals surface area contributed by atoms with Crippen molar-refractivity contribution < 1.29 is 18.3 Å². The fraction of sp³-hybridized carbons (Fsp3) is 0.318. The molecule has 0 saturated carbocycles. The molecule has 6 heteroatoms. The number of aryl methyl sites for hydroxylation is 1. The van der Waals surface area contributed by atoms with E-state index in [1.807, 2.05) is 32.2 Å². The maximum atomic E-state index is 13.7. The third-order valence-corrected chi connectivity index (χ3v) is 4.93. The number of hydrogen-bond donors (Lipinski definition) is 0. The smallest absolute Gasteiger partial charge is 0.226 e. The molecule has 28 heavy (non-hydrogen) atoms. The molecule has 0 N–H and O–H groups in total. The van der Waals surface area contributed by atoms with Gasteiger partial charge in [0.2, 0.25) is 5.89 Å². The number of methoxy groups -OCH3 is 2. The second-order valence-corrected chi connectivity index (χ2v) is 6.74. The van der Waals surface area contributed by atoms with Gasteiger partial charge in [-0.1, -0.05) is 12.1 Å². The van der Waals surface area contributed by atoms with Crippen molar-refractivity contribution in [1.29, 1.82) is 0 Å². The Morgan fingerprint density at radius 2 is 1.93 bits per heavy atom. The highest BCUT2D eigenvalue weighted by atomic mass is 19.1. The molecular formula is C22H25FN2O3. The zero-order valence-corrected chi connectivity index (χ0v) is 16.8. The van der Waals surface area contributed by atoms with Gasteiger partial charge in [-0.3, -0.25) is 4.90 Å². The van der Waals surface area contributed by atoms with Crippen LogP contribution < -0.4 is 9.47 Å². The summed E-state index contributed by atoms with van der Waals surface area (Å²) in [6.07, 6.45) is 0. The van der Waals surface area contributed by atoms with Crippen LogP contribution in [0.2, 0.25) is 0 Å². The molecule has 3 aromatic rings. The standard InChI is InChI=1S/C22H25FN2O3/c1-14(16-7-6-8-18(11-16)26-4)25(3)13-20-15(2)28-22(24-20)17-9-10-19(23)21(12-17)27-5/h6-12,14H,13H2,1-5H3/t14-/m1/s1. The number of rotatable bonds is 7. The first-order chi connectivity index (χ1) is 13.4. The summed E-state index contributed by atoms with van der Waals surface area (Å²) in [6, 6.07) is 12.8. The number of benzene rings is 2. The zero-order chi connectivity index (χ0) is 20.3. The lowest BCUT2D eigenvalue weighted by molar-refractivity contribution is 0.248. The van der Waals surface area contributed by atoms with Gasteiger partial charge in [0, 0.05) is 18.2 Å². The van der Waals surface area contributed by atoms with Crippen molar-refractivity contribution in [2.45, 2.75) is 26.4 Å². The summed E-state index contributed by atoms with van der Waals surface area (Å²) in [5.41, 5.74) is 2.68. The van der Waals surface area contributed by atoms with E-state index in [1.54, 1.807) is 19.2 Å². The van der Waals surface area contributed by atoms with Crippen molar-refractivity contribution in [3.8, 4) is 23.0 Å². The first kappa shape index (κ1) is 19.9. The molecule has 1 atom stereocenters. The van der Waals surface area contributed by atoms with Crippen molar-refractivity contribution in [1.82, 2.24) is 9.88 Å². The Balaban J connectivity index is 1.79. The maximum absolute atomic E-state index is 13.7. The van der Waals surface area contributed by atoms with E-state index in [0.29, 0.717) is 18.0 Å². The van der Waals surface area contributed by atoms with Crippen LogP contribution in [0, 0.1) is 12.7 Å². The molecule has 0 aliphatic heterocycles. The normalized spacial score (nSPS) is 12.2. The van der Waals surface area contributed by atoms with Crippen molar-refractivity contribution in [3.63, 3.8) is 0 Å². The van der Waals surface area contributed by atoms with Crippen LogP contribution in [0.1, 0.15) is 30.0 Å². The number of hydrogen-bond acceptors (Lipinski definition) is 5. The SMILES string of the molecule is COc1cccc([C@@H](C)N(C)Cc2nc(-c3ccc(F)c(OC)c3)oc2C)c1. The van der Waals surface area contributed by atoms with E-state index < -0.39 is 5.82 Å². The molecule has 148 valence electrons. The van der Waals surface area contributed by atoms with Crippen LogP contribution in [0.3, 0.4) is 0 Å². The minimum absolute atomic E-state index is 0.165. The molecule has 0 unspecified atom stereocenters. The highest BCUT2D eigenvalue weighted by molar-refractivity contribution is 5.56. The molecule has 0 amide bonds. The largest absolute Gasteiger partial charge is 0.497 e. The number of ether oxygens (including phenoxy) is 2. The molecule has 0 aliphatic carbocycles. The van der Waals surface area contributed by atoms with E-state index in [9.17, 15) is 4.39 Å². The lowest BCUT2D eigenvalue weighted by atomic mass is 10.1. The molecule has 0 spiro atoms. The molecule has 1 aromatic heterocycles. The number of oxazole rings is 1. The fourth-order valence-corrected chi connectivity index (χ4v) is 3.02. The summed E-state index contributed by atoms with van der Waals surface area (Å²) < 4.78 is 29.8. The summed E-state index contributed by atoms with van der Waals surface area (Å²) in [5, 5.41) is 0. The van der Waals surface area contributed by atoms with Gasteiger partial charge < -0.3 is 13.9 Å². The quantitative estimate of drug-likeness (QED) is 0.574. The second kappa shape index (κ2) is 8.44. The number of nitrogens with zero attached hydrogens (tertiary/aromatic N) is 2. The lowest BCUT2D eigenvalue weighted by Crippen LogP contribution is -2.22. The average molecular weight is 384 g/mol. The maximum Gasteiger partial charge on any atom is 0.226 e. The average Bonchev–Trinajstić information content (AvgIpc) is 3.08. The molecule has 0 aliphatic rings. The Hall–Kier alpha value is -2.86. The Kier molecular flexibility index (Phi) is 5.99. The van der Waals surface area contributed by atoms with E-state index >= 15 is 0 Å². The molecular weight excluding hydrogens is 359 g/mol. The Morgan fingerprint density at radius 1 is 1.14 bits per heavy atom. The van der Waals surface area contributed by atoms with Gasteiger partial charge >= 0.3 is 0 Å². The number of aromatic nitrogens is 1. The molecule has 0 bridgehead atoms. The van der Waals surface area contributed by atoms with E-state index in [2.05, 4.69) is 22.9 Å². The Bertz CT molecular complexity index is 955. The minimum Gasteiger partial charge on any atom is -0.497 e. The summed E-state index contributed by atoms with van der Waals surface area (Å²) in [5.74, 6) is 1.78. The third-order valence-electron chi connectivity index (χ3n) is 4.93. The van der Waals surface area contributed by atoms with Crippen molar-refractivity contribution >= 4 is 0 Å². The predicted octanol–water partition coefficient (Wildman–Crippen LogP) is 5.00. The van der Waals surface area contributed by atoms with Crippen LogP contribution in [0.15, 0.2) is 46.9 Å². The van der Waals surface area contributed by atoms with Crippen LogP contribution in [0.4, 0.5) is 4.39 Å². The third kappa shape index (κ3) is 4.17. The van der Waals surface area contributed by atoms with Crippen LogP contribution >= 0.6 is 0 Å². The van der Waals surface area contributed by atoms with Gasteiger partial charge in [-0.15, -0.1) is 0 Å². The van der Waals surface area contributed by atoms with Gasteiger partial charge in [0.05, 0.1) is 19.9 Å². The Morgan fingerprint density at radius 3 is 2.64 bits per heavy atom. The second-order valence-electron chi connectivity index (χ2n) is 6.74. The van der Waals surface area contributed by atoms with Crippen molar-refractivity contribution in [2.24, 2.45) is 0 Å². The summed E-state index contributed by atoms with van der Waals surface area (Å²) in [4.78, 5) is 6.81. The first-order valence-electron chi connectivity index (χ1n) is 9.07. The first-order valence-corrected chi connectivity index (χ1v) is 9.07. The molecule has 1 heterocycles. The highest BCUT2D eigenvalue weighted by Crippen LogP contribution is 2.29. The fourth-order valence-electron chi connectivity index (χ4n) is 3.02. The highest BCUT2D eigenvalue weighted by Gasteiger charge is 2.18. The van der Waals surface area contributed by atoms with Gasteiger partial charge in [-0.25, -0.2) is 9.37 Å². The van der Waals surface area contributed by atoms with E-state index in [1.165, 1.54) is 13.2 Å². The monoisotopic (exact) mass is 384 g/mol. The van der Waals surface area contributed by atoms with Crippen LogP contribution in [0.5, 0.6) is 11.5 Å². The Labute approximate surface area is 164 Å². The lowest BCUT2D eigenvalue weighted by Gasteiger charge is -2.24. The molecule has 0 saturated heterocycles. The van der Waals surface area contributed by atoms with Crippen molar-refractivity contribution in [3.05, 3.63) is 65.3 Å². The zero-order valence-electron chi connectivity index (χ0n) is 16.8. The molecule has 3 rings (SSSR count). The van der Waals surface area contributed by atoms with Crippen molar-refractivity contribution in [2.75, 3.05) is 21.3 Å². The van der Waals surface area contributed by atoms with Crippen LogP contribution in [0.25, 0.3) is 11.5 Å². The minimum atomic E-state index is -0.415. The van der Waals surface area contributed by atoms with E-state index in [-0.39, 0.29) is 11.8 Å².